The molecule has 3 aromatic rings. The number of ether oxygens (including phenoxy) is 2. The maximum Gasteiger partial charge on any atom is 0.338 e. The van der Waals surface area contributed by atoms with Gasteiger partial charge in [-0.15, -0.1) is 0 Å². The fourth-order valence-corrected chi connectivity index (χ4v) is 4.25. The van der Waals surface area contributed by atoms with Crippen LogP contribution in [0.25, 0.3) is 11.0 Å². The molecule has 0 aliphatic carbocycles. The molecular weight excluding hydrogens is 427 g/mol. The zero-order valence-corrected chi connectivity index (χ0v) is 18.6. The molecule has 1 heterocycles. The van der Waals surface area contributed by atoms with E-state index in [4.69, 9.17) is 26.1 Å². The zero-order chi connectivity index (χ0) is 21.5. The smallest absolute Gasteiger partial charge is 0.338 e. The van der Waals surface area contributed by atoms with Crippen molar-refractivity contribution >= 4 is 40.4 Å². The van der Waals surface area contributed by atoms with Gasteiger partial charge in [-0.05, 0) is 62.2 Å². The fourth-order valence-electron chi connectivity index (χ4n) is 3.04. The summed E-state index contributed by atoms with van der Waals surface area (Å²) in [6, 6.07) is 9.88. The highest BCUT2D eigenvalue weighted by Crippen LogP contribution is 2.29. The first kappa shape index (κ1) is 22.6. The second kappa shape index (κ2) is 10.8. The standard InChI is InChI=1S/C22H24ClFN2O3S/c1-3-28-11-5-10-26-20-9-6-15(21(27)29-4-2)13-19(20)25-22(26)30-14-16-12-17(23)7-8-18(16)24/h6-9,12-13H,3-5,10-11,14H2,1-2H3. The quantitative estimate of drug-likeness (QED) is 0.224. The van der Waals surface area contributed by atoms with E-state index in [2.05, 4.69) is 4.57 Å². The normalized spacial score (nSPS) is 11.2. The molecule has 0 unspecified atom stereocenters. The highest BCUT2D eigenvalue weighted by Gasteiger charge is 2.15. The number of aryl methyl sites for hydroxylation is 1. The number of hydrogen-bond donors (Lipinski definition) is 0. The Hall–Kier alpha value is -2.09. The Morgan fingerprint density at radius 2 is 2.03 bits per heavy atom. The Morgan fingerprint density at radius 1 is 1.20 bits per heavy atom. The summed E-state index contributed by atoms with van der Waals surface area (Å²) in [7, 11) is 0. The first-order valence-corrected chi connectivity index (χ1v) is 11.2. The highest BCUT2D eigenvalue weighted by molar-refractivity contribution is 7.98. The average Bonchev–Trinajstić information content (AvgIpc) is 3.08. The van der Waals surface area contributed by atoms with Crippen molar-refractivity contribution in [1.29, 1.82) is 0 Å². The van der Waals surface area contributed by atoms with Crippen LogP contribution >= 0.6 is 23.4 Å². The van der Waals surface area contributed by atoms with E-state index in [9.17, 15) is 9.18 Å². The molecule has 0 aliphatic heterocycles. The number of halogens is 2. The van der Waals surface area contributed by atoms with Gasteiger partial charge in [-0.1, -0.05) is 23.4 Å². The van der Waals surface area contributed by atoms with Crippen LogP contribution in [0.2, 0.25) is 5.02 Å². The molecule has 2 aromatic carbocycles. The summed E-state index contributed by atoms with van der Waals surface area (Å²) in [5.41, 5.74) is 2.59. The van der Waals surface area contributed by atoms with E-state index in [1.807, 2.05) is 13.0 Å². The molecule has 0 saturated carbocycles. The fraction of sp³-hybridized carbons (Fsp3) is 0.364. The van der Waals surface area contributed by atoms with E-state index in [0.717, 1.165) is 17.1 Å². The van der Waals surface area contributed by atoms with Gasteiger partial charge < -0.3 is 14.0 Å². The largest absolute Gasteiger partial charge is 0.462 e. The van der Waals surface area contributed by atoms with Gasteiger partial charge in [0.15, 0.2) is 5.16 Å². The molecule has 0 amide bonds. The molecule has 0 saturated heterocycles. The number of carbonyl (C=O) groups excluding carboxylic acids is 1. The van der Waals surface area contributed by atoms with Gasteiger partial charge in [0.1, 0.15) is 5.82 Å². The zero-order valence-electron chi connectivity index (χ0n) is 17.0. The Bertz CT molecular complexity index is 1030. The Morgan fingerprint density at radius 3 is 2.80 bits per heavy atom. The lowest BCUT2D eigenvalue weighted by atomic mass is 10.2. The Balaban J connectivity index is 1.89. The topological polar surface area (TPSA) is 53.4 Å². The van der Waals surface area contributed by atoms with E-state index in [-0.39, 0.29) is 11.8 Å². The molecule has 0 fully saturated rings. The van der Waals surface area contributed by atoms with Crippen molar-refractivity contribution in [2.24, 2.45) is 0 Å². The third kappa shape index (κ3) is 5.53. The van der Waals surface area contributed by atoms with E-state index >= 15 is 0 Å². The maximum absolute atomic E-state index is 14.1. The van der Waals surface area contributed by atoms with Crippen LogP contribution in [-0.2, 0) is 21.8 Å². The second-order valence-electron chi connectivity index (χ2n) is 6.54. The van der Waals surface area contributed by atoms with Crippen LogP contribution in [0.4, 0.5) is 4.39 Å². The number of thioether (sulfide) groups is 1. The number of imidazole rings is 1. The molecule has 160 valence electrons. The van der Waals surface area contributed by atoms with Gasteiger partial charge in [0.2, 0.25) is 0 Å². The number of fused-ring (bicyclic) bond motifs is 1. The molecule has 0 N–H and O–H groups in total. The third-order valence-corrected chi connectivity index (χ3v) is 5.72. The van der Waals surface area contributed by atoms with Gasteiger partial charge in [0.05, 0.1) is 23.2 Å². The van der Waals surface area contributed by atoms with Gasteiger partial charge in [-0.25, -0.2) is 14.2 Å². The van der Waals surface area contributed by atoms with Crippen molar-refractivity contribution in [3.8, 4) is 0 Å². The molecule has 0 bridgehead atoms. The summed E-state index contributed by atoms with van der Waals surface area (Å²) < 4.78 is 26.7. The summed E-state index contributed by atoms with van der Waals surface area (Å²) in [6.45, 7) is 6.07. The van der Waals surface area contributed by atoms with Crippen LogP contribution in [0.15, 0.2) is 41.6 Å². The molecule has 0 aliphatic rings. The Kier molecular flexibility index (Phi) is 8.13. The van der Waals surface area contributed by atoms with Crippen molar-refractivity contribution in [2.45, 2.75) is 37.7 Å². The first-order valence-electron chi connectivity index (χ1n) is 9.85. The van der Waals surface area contributed by atoms with Gasteiger partial charge in [-0.3, -0.25) is 0 Å². The Labute approximate surface area is 184 Å². The number of benzene rings is 2. The van der Waals surface area contributed by atoms with Crippen LogP contribution in [0.3, 0.4) is 0 Å². The van der Waals surface area contributed by atoms with Gasteiger partial charge in [-0.2, -0.15) is 0 Å². The molecule has 0 spiro atoms. The number of hydrogen-bond acceptors (Lipinski definition) is 5. The van der Waals surface area contributed by atoms with Crippen molar-refractivity contribution in [2.75, 3.05) is 19.8 Å². The molecule has 3 rings (SSSR count). The number of esters is 1. The lowest BCUT2D eigenvalue weighted by Crippen LogP contribution is -2.05. The summed E-state index contributed by atoms with van der Waals surface area (Å²) in [5, 5.41) is 1.25. The van der Waals surface area contributed by atoms with Crippen molar-refractivity contribution in [3.63, 3.8) is 0 Å². The highest BCUT2D eigenvalue weighted by atomic mass is 35.5. The van der Waals surface area contributed by atoms with Gasteiger partial charge in [0, 0.05) is 30.5 Å². The van der Waals surface area contributed by atoms with E-state index in [1.54, 1.807) is 25.1 Å². The summed E-state index contributed by atoms with van der Waals surface area (Å²) in [6.07, 6.45) is 0.817. The molecule has 1 aromatic heterocycles. The number of rotatable bonds is 10. The van der Waals surface area contributed by atoms with Gasteiger partial charge >= 0.3 is 5.97 Å². The lowest BCUT2D eigenvalue weighted by Gasteiger charge is -2.10. The van der Waals surface area contributed by atoms with Crippen LogP contribution < -0.4 is 0 Å². The maximum atomic E-state index is 14.1. The summed E-state index contributed by atoms with van der Waals surface area (Å²) in [5.74, 6) is -0.276. The molecule has 30 heavy (non-hydrogen) atoms. The second-order valence-corrected chi connectivity index (χ2v) is 7.92. The predicted octanol–water partition coefficient (Wildman–Crippen LogP) is 5.72. The van der Waals surface area contributed by atoms with E-state index < -0.39 is 0 Å². The molecular formula is C22H24ClFN2O3S. The van der Waals surface area contributed by atoms with E-state index in [1.165, 1.54) is 23.9 Å². The minimum atomic E-state index is -0.375. The number of nitrogens with zero attached hydrogens (tertiary/aromatic N) is 2. The van der Waals surface area contributed by atoms with Crippen LogP contribution in [0, 0.1) is 5.82 Å². The monoisotopic (exact) mass is 450 g/mol. The van der Waals surface area contributed by atoms with Gasteiger partial charge in [0.25, 0.3) is 0 Å². The minimum Gasteiger partial charge on any atom is -0.462 e. The molecule has 8 heteroatoms. The predicted molar refractivity (Wildman–Crippen MR) is 118 cm³/mol. The summed E-state index contributed by atoms with van der Waals surface area (Å²) >= 11 is 7.44. The van der Waals surface area contributed by atoms with Crippen molar-refractivity contribution < 1.29 is 18.7 Å². The first-order chi connectivity index (χ1) is 14.5. The lowest BCUT2D eigenvalue weighted by molar-refractivity contribution is 0.0526. The van der Waals surface area contributed by atoms with Crippen molar-refractivity contribution in [3.05, 3.63) is 58.4 Å². The number of carbonyl (C=O) groups is 1. The molecule has 0 atom stereocenters. The SMILES string of the molecule is CCOCCCn1c(SCc2cc(Cl)ccc2F)nc2cc(C(=O)OCC)ccc21. The summed E-state index contributed by atoms with van der Waals surface area (Å²) in [4.78, 5) is 16.8. The molecule has 5 nitrogen and oxygen atoms in total. The van der Waals surface area contributed by atoms with E-state index in [0.29, 0.717) is 53.8 Å². The van der Waals surface area contributed by atoms with Crippen LogP contribution in [0.5, 0.6) is 0 Å². The average molecular weight is 451 g/mol. The number of aromatic nitrogens is 2. The third-order valence-electron chi connectivity index (χ3n) is 4.46. The molecule has 0 radical (unpaired) electrons. The van der Waals surface area contributed by atoms with Crippen LogP contribution in [-0.4, -0.2) is 35.3 Å². The minimum absolute atomic E-state index is 0.296. The van der Waals surface area contributed by atoms with Crippen LogP contribution in [0.1, 0.15) is 36.2 Å². The van der Waals surface area contributed by atoms with Crippen molar-refractivity contribution in [1.82, 2.24) is 9.55 Å².